The van der Waals surface area contributed by atoms with Crippen LogP contribution in [0.2, 0.25) is 0 Å². The monoisotopic (exact) mass is 471 g/mol. The van der Waals surface area contributed by atoms with E-state index in [1.54, 1.807) is 12.1 Å². The fourth-order valence-electron chi connectivity index (χ4n) is 4.27. The van der Waals surface area contributed by atoms with Crippen molar-refractivity contribution in [2.75, 3.05) is 12.4 Å². The number of nitrogens with one attached hydrogen (secondary N) is 2. The topological polar surface area (TPSA) is 106 Å². The summed E-state index contributed by atoms with van der Waals surface area (Å²) in [6.07, 6.45) is 2.57. The molecule has 2 fully saturated rings. The number of imide groups is 1. The molecule has 0 spiro atoms. The zero-order valence-corrected chi connectivity index (χ0v) is 19.9. The van der Waals surface area contributed by atoms with E-state index in [4.69, 9.17) is 4.74 Å². The van der Waals surface area contributed by atoms with Gasteiger partial charge in [0.25, 0.3) is 5.91 Å². The lowest BCUT2D eigenvalue weighted by Gasteiger charge is -2.25. The molecule has 0 radical (unpaired) electrons. The van der Waals surface area contributed by atoms with Gasteiger partial charge in [0.2, 0.25) is 5.91 Å². The van der Waals surface area contributed by atoms with Crippen LogP contribution in [0.1, 0.15) is 43.1 Å². The van der Waals surface area contributed by atoms with Crippen LogP contribution in [0.15, 0.2) is 35.5 Å². The fourth-order valence-corrected chi connectivity index (χ4v) is 5.16. The van der Waals surface area contributed by atoms with Crippen molar-refractivity contribution in [2.24, 2.45) is 0 Å². The fraction of sp³-hybridized carbons (Fsp3) is 0.478. The third-order valence-corrected chi connectivity index (χ3v) is 7.27. The molecule has 2 aromatic rings. The summed E-state index contributed by atoms with van der Waals surface area (Å²) < 4.78 is 7.83. The molecule has 2 aliphatic rings. The SMILES string of the molecule is CCC1(c2ccccc2)NC(=O)N(NC(=O)CSc2nc(C)c(C)n2CC2CCCO2)C1=O. The molecule has 2 N–H and O–H groups in total. The minimum atomic E-state index is -1.19. The summed E-state index contributed by atoms with van der Waals surface area (Å²) in [6, 6.07) is 8.41. The molecule has 0 saturated carbocycles. The van der Waals surface area contributed by atoms with Crippen LogP contribution in [0.5, 0.6) is 0 Å². The van der Waals surface area contributed by atoms with E-state index < -0.39 is 23.4 Å². The number of hydrazine groups is 1. The summed E-state index contributed by atoms with van der Waals surface area (Å²) in [7, 11) is 0. The predicted molar refractivity (Wildman–Crippen MR) is 123 cm³/mol. The van der Waals surface area contributed by atoms with E-state index in [1.807, 2.05) is 39.0 Å². The van der Waals surface area contributed by atoms with Gasteiger partial charge in [0.15, 0.2) is 5.16 Å². The third kappa shape index (κ3) is 4.49. The van der Waals surface area contributed by atoms with Crippen LogP contribution in [0.3, 0.4) is 0 Å². The first-order valence-corrected chi connectivity index (χ1v) is 12.1. The van der Waals surface area contributed by atoms with Crippen LogP contribution in [0.25, 0.3) is 0 Å². The largest absolute Gasteiger partial charge is 0.376 e. The number of hydrogen-bond acceptors (Lipinski definition) is 6. The van der Waals surface area contributed by atoms with Crippen molar-refractivity contribution < 1.29 is 19.1 Å². The number of amides is 4. The zero-order chi connectivity index (χ0) is 23.6. The Kier molecular flexibility index (Phi) is 6.76. The van der Waals surface area contributed by atoms with E-state index in [0.29, 0.717) is 18.5 Å². The van der Waals surface area contributed by atoms with Gasteiger partial charge in [-0.05, 0) is 38.7 Å². The Balaban J connectivity index is 1.42. The highest BCUT2D eigenvalue weighted by Crippen LogP contribution is 2.31. The Labute approximate surface area is 197 Å². The first-order valence-electron chi connectivity index (χ1n) is 11.2. The van der Waals surface area contributed by atoms with Crippen molar-refractivity contribution in [3.8, 4) is 0 Å². The van der Waals surface area contributed by atoms with Crippen LogP contribution in [-0.4, -0.2) is 50.9 Å². The quantitative estimate of drug-likeness (QED) is 0.453. The summed E-state index contributed by atoms with van der Waals surface area (Å²) in [5, 5.41) is 4.27. The van der Waals surface area contributed by atoms with Gasteiger partial charge in [0, 0.05) is 12.3 Å². The highest BCUT2D eigenvalue weighted by atomic mass is 32.2. The average molecular weight is 472 g/mol. The van der Waals surface area contributed by atoms with E-state index in [2.05, 4.69) is 20.3 Å². The van der Waals surface area contributed by atoms with Crippen LogP contribution < -0.4 is 10.7 Å². The number of nitrogens with zero attached hydrogens (tertiary/aromatic N) is 3. The smallest absolute Gasteiger partial charge is 0.344 e. The van der Waals surface area contributed by atoms with E-state index >= 15 is 0 Å². The minimum absolute atomic E-state index is 0.0168. The van der Waals surface area contributed by atoms with E-state index in [9.17, 15) is 14.4 Å². The maximum atomic E-state index is 13.2. The highest BCUT2D eigenvalue weighted by molar-refractivity contribution is 7.99. The van der Waals surface area contributed by atoms with Crippen molar-refractivity contribution in [2.45, 2.75) is 63.4 Å². The molecule has 2 atom stereocenters. The highest BCUT2D eigenvalue weighted by Gasteiger charge is 2.52. The molecule has 1 aromatic heterocycles. The Morgan fingerprint density at radius 1 is 1.30 bits per heavy atom. The Morgan fingerprint density at radius 3 is 2.73 bits per heavy atom. The van der Waals surface area contributed by atoms with Gasteiger partial charge in [0.05, 0.1) is 24.1 Å². The molecule has 0 bridgehead atoms. The minimum Gasteiger partial charge on any atom is -0.376 e. The summed E-state index contributed by atoms with van der Waals surface area (Å²) in [6.45, 7) is 7.23. The molecule has 2 saturated heterocycles. The average Bonchev–Trinajstić information content (AvgIpc) is 3.49. The van der Waals surface area contributed by atoms with Crippen molar-refractivity contribution >= 4 is 29.6 Å². The molecule has 2 aliphatic heterocycles. The number of carbonyl (C=O) groups excluding carboxylic acids is 3. The van der Waals surface area contributed by atoms with E-state index in [-0.39, 0.29) is 11.9 Å². The molecular weight excluding hydrogens is 442 g/mol. The second-order valence-electron chi connectivity index (χ2n) is 8.33. The second-order valence-corrected chi connectivity index (χ2v) is 9.27. The number of imidazole rings is 1. The predicted octanol–water partition coefficient (Wildman–Crippen LogP) is 2.66. The van der Waals surface area contributed by atoms with Gasteiger partial charge >= 0.3 is 6.03 Å². The van der Waals surface area contributed by atoms with E-state index in [0.717, 1.165) is 41.0 Å². The van der Waals surface area contributed by atoms with Crippen LogP contribution in [-0.2, 0) is 26.4 Å². The van der Waals surface area contributed by atoms with Gasteiger partial charge in [0.1, 0.15) is 5.54 Å². The lowest BCUT2D eigenvalue weighted by molar-refractivity contribution is -0.138. The van der Waals surface area contributed by atoms with Crippen molar-refractivity contribution in [1.29, 1.82) is 0 Å². The normalized spacial score (nSPS) is 22.6. The lowest BCUT2D eigenvalue weighted by Crippen LogP contribution is -2.49. The number of aryl methyl sites for hydroxylation is 1. The van der Waals surface area contributed by atoms with Gasteiger partial charge in [-0.15, -0.1) is 0 Å². The number of aromatic nitrogens is 2. The standard InChI is InChI=1S/C23H29N5O4S/c1-4-23(17-9-6-5-7-10-17)20(30)28(21(31)25-23)26-19(29)14-33-22-24-15(2)16(3)27(22)13-18-11-8-12-32-18/h5-7,9-10,18H,4,8,11-14H2,1-3H3,(H,25,31)(H,26,29). The molecule has 2 unspecified atom stereocenters. The van der Waals surface area contributed by atoms with Gasteiger partial charge < -0.3 is 14.6 Å². The number of urea groups is 1. The van der Waals surface area contributed by atoms with Crippen molar-refractivity contribution in [1.82, 2.24) is 25.3 Å². The Hall–Kier alpha value is -2.85. The molecule has 1 aromatic carbocycles. The molecular formula is C23H29N5O4S. The van der Waals surface area contributed by atoms with Crippen LogP contribution in [0.4, 0.5) is 4.79 Å². The molecule has 0 aliphatic carbocycles. The molecule has 176 valence electrons. The van der Waals surface area contributed by atoms with Crippen molar-refractivity contribution in [3.05, 3.63) is 47.3 Å². The Bertz CT molecular complexity index is 1050. The summed E-state index contributed by atoms with van der Waals surface area (Å²) in [5.41, 5.74) is 3.90. The number of ether oxygens (including phenoxy) is 1. The lowest BCUT2D eigenvalue weighted by atomic mass is 9.87. The molecule has 4 amide bonds. The first kappa shape index (κ1) is 23.3. The number of carbonyl (C=O) groups is 3. The summed E-state index contributed by atoms with van der Waals surface area (Å²) in [5.74, 6) is -0.931. The van der Waals surface area contributed by atoms with Gasteiger partial charge in [-0.1, -0.05) is 49.0 Å². The van der Waals surface area contributed by atoms with E-state index in [1.165, 1.54) is 11.8 Å². The number of benzene rings is 1. The maximum absolute atomic E-state index is 13.2. The van der Waals surface area contributed by atoms with Crippen molar-refractivity contribution in [3.63, 3.8) is 0 Å². The van der Waals surface area contributed by atoms with Gasteiger partial charge in [-0.3, -0.25) is 15.0 Å². The molecule has 4 rings (SSSR count). The third-order valence-electron chi connectivity index (χ3n) is 6.29. The first-order chi connectivity index (χ1) is 15.9. The van der Waals surface area contributed by atoms with Crippen LogP contribution >= 0.6 is 11.8 Å². The molecule has 10 heteroatoms. The summed E-state index contributed by atoms with van der Waals surface area (Å²) >= 11 is 1.28. The van der Waals surface area contributed by atoms with Gasteiger partial charge in [-0.25, -0.2) is 9.78 Å². The molecule has 33 heavy (non-hydrogen) atoms. The number of rotatable bonds is 8. The van der Waals surface area contributed by atoms with Gasteiger partial charge in [-0.2, -0.15) is 5.01 Å². The van der Waals surface area contributed by atoms with Crippen LogP contribution in [0, 0.1) is 13.8 Å². The molecule has 9 nitrogen and oxygen atoms in total. The Morgan fingerprint density at radius 2 is 2.06 bits per heavy atom. The number of thioether (sulfide) groups is 1. The number of hydrogen-bond donors (Lipinski definition) is 2. The second kappa shape index (κ2) is 9.56. The summed E-state index contributed by atoms with van der Waals surface area (Å²) in [4.78, 5) is 43.0. The molecule has 3 heterocycles. The zero-order valence-electron chi connectivity index (χ0n) is 19.1. The maximum Gasteiger partial charge on any atom is 0.344 e.